The normalized spacial score (nSPS) is 19.6. The molecule has 2 heterocycles. The molecule has 8 heteroatoms. The van der Waals surface area contributed by atoms with Crippen LogP contribution in [0.15, 0.2) is 47.4 Å². The van der Waals surface area contributed by atoms with E-state index in [9.17, 15) is 13.2 Å². The van der Waals surface area contributed by atoms with E-state index in [1.54, 1.807) is 42.5 Å². The van der Waals surface area contributed by atoms with Gasteiger partial charge in [-0.15, -0.1) is 0 Å². The topological polar surface area (TPSA) is 84.9 Å². The highest BCUT2D eigenvalue weighted by Gasteiger charge is 2.39. The van der Waals surface area contributed by atoms with Gasteiger partial charge in [0.15, 0.2) is 11.5 Å². The number of fused-ring (bicyclic) bond motifs is 1. The smallest absolute Gasteiger partial charge is 0.243 e. The lowest BCUT2D eigenvalue weighted by Gasteiger charge is -2.23. The SMILES string of the molecule is Cc1ccc(S(=O)(=O)N2CCCC2C(=O)Nc2ccc3c(c2)OCCCO3)cc1. The van der Waals surface area contributed by atoms with Crippen LogP contribution in [0.4, 0.5) is 5.69 Å². The third-order valence-electron chi connectivity index (χ3n) is 5.15. The standard InChI is InChI=1S/C21H24N2O5S/c1-15-5-8-17(9-6-15)29(25,26)23-11-2-4-18(23)21(24)22-16-7-10-19-20(14-16)28-13-3-12-27-19/h5-10,14,18H,2-4,11-13H2,1H3,(H,22,24). The molecule has 1 unspecified atom stereocenters. The Morgan fingerprint density at radius 1 is 1.03 bits per heavy atom. The van der Waals surface area contributed by atoms with Gasteiger partial charge < -0.3 is 14.8 Å². The lowest BCUT2D eigenvalue weighted by atomic mass is 10.2. The quantitative estimate of drug-likeness (QED) is 0.828. The molecule has 0 saturated carbocycles. The van der Waals surface area contributed by atoms with E-state index in [-0.39, 0.29) is 10.8 Å². The van der Waals surface area contributed by atoms with Crippen molar-refractivity contribution in [3.63, 3.8) is 0 Å². The summed E-state index contributed by atoms with van der Waals surface area (Å²) in [6, 6.07) is 11.2. The molecule has 0 radical (unpaired) electrons. The van der Waals surface area contributed by atoms with Gasteiger partial charge in [-0.2, -0.15) is 4.31 Å². The summed E-state index contributed by atoms with van der Waals surface area (Å²) in [4.78, 5) is 13.1. The second kappa shape index (κ2) is 8.04. The highest BCUT2D eigenvalue weighted by atomic mass is 32.2. The summed E-state index contributed by atoms with van der Waals surface area (Å²) in [5, 5.41) is 2.84. The number of hydrogen-bond donors (Lipinski definition) is 1. The summed E-state index contributed by atoms with van der Waals surface area (Å²) in [5.41, 5.74) is 1.54. The van der Waals surface area contributed by atoms with E-state index in [1.165, 1.54) is 4.31 Å². The van der Waals surface area contributed by atoms with Gasteiger partial charge in [0, 0.05) is 24.7 Å². The van der Waals surface area contributed by atoms with Crippen LogP contribution in [0.5, 0.6) is 11.5 Å². The number of anilines is 1. The molecule has 2 aliphatic heterocycles. The average Bonchev–Trinajstić information content (AvgIpc) is 3.09. The van der Waals surface area contributed by atoms with Gasteiger partial charge in [-0.05, 0) is 44.0 Å². The molecule has 1 fully saturated rings. The van der Waals surface area contributed by atoms with Gasteiger partial charge >= 0.3 is 0 Å². The zero-order valence-electron chi connectivity index (χ0n) is 16.3. The fourth-order valence-electron chi connectivity index (χ4n) is 3.60. The van der Waals surface area contributed by atoms with Crippen molar-refractivity contribution in [3.05, 3.63) is 48.0 Å². The summed E-state index contributed by atoms with van der Waals surface area (Å²) >= 11 is 0. The third kappa shape index (κ3) is 4.09. The second-order valence-corrected chi connectivity index (χ2v) is 9.18. The van der Waals surface area contributed by atoms with E-state index in [0.717, 1.165) is 12.0 Å². The Balaban J connectivity index is 1.52. The zero-order valence-corrected chi connectivity index (χ0v) is 17.1. The van der Waals surface area contributed by atoms with Crippen LogP contribution in [-0.4, -0.2) is 44.4 Å². The van der Waals surface area contributed by atoms with Crippen molar-refractivity contribution >= 4 is 21.6 Å². The van der Waals surface area contributed by atoms with Gasteiger partial charge in [-0.3, -0.25) is 4.79 Å². The number of ether oxygens (including phenoxy) is 2. The molecule has 1 N–H and O–H groups in total. The molecule has 1 atom stereocenters. The summed E-state index contributed by atoms with van der Waals surface area (Å²) in [7, 11) is -3.73. The fraction of sp³-hybridized carbons (Fsp3) is 0.381. The van der Waals surface area contributed by atoms with Gasteiger partial charge in [0.05, 0.1) is 18.1 Å². The minimum atomic E-state index is -3.73. The minimum absolute atomic E-state index is 0.207. The van der Waals surface area contributed by atoms with Gasteiger partial charge in [0.2, 0.25) is 15.9 Å². The predicted octanol–water partition coefficient (Wildman–Crippen LogP) is 2.95. The van der Waals surface area contributed by atoms with E-state index in [1.807, 2.05) is 6.92 Å². The molecule has 0 aromatic heterocycles. The van der Waals surface area contributed by atoms with Crippen LogP contribution in [0.2, 0.25) is 0 Å². The lowest BCUT2D eigenvalue weighted by Crippen LogP contribution is -2.43. The Labute approximate surface area is 170 Å². The molecular formula is C21H24N2O5S. The molecule has 1 saturated heterocycles. The van der Waals surface area contributed by atoms with Crippen LogP contribution in [-0.2, 0) is 14.8 Å². The molecule has 2 aromatic carbocycles. The molecule has 1 amide bonds. The Kier molecular flexibility index (Phi) is 5.47. The first-order valence-electron chi connectivity index (χ1n) is 9.74. The minimum Gasteiger partial charge on any atom is -0.490 e. The number of hydrogen-bond acceptors (Lipinski definition) is 5. The van der Waals surface area contributed by atoms with Crippen LogP contribution in [0.1, 0.15) is 24.8 Å². The van der Waals surface area contributed by atoms with Crippen molar-refractivity contribution in [3.8, 4) is 11.5 Å². The summed E-state index contributed by atoms with van der Waals surface area (Å²) in [6.07, 6.45) is 1.93. The van der Waals surface area contributed by atoms with Crippen LogP contribution in [0.3, 0.4) is 0 Å². The predicted molar refractivity (Wildman–Crippen MR) is 109 cm³/mol. The van der Waals surface area contributed by atoms with E-state index >= 15 is 0 Å². The van der Waals surface area contributed by atoms with Crippen molar-refractivity contribution < 1.29 is 22.7 Å². The third-order valence-corrected chi connectivity index (χ3v) is 7.07. The molecule has 4 rings (SSSR count). The molecule has 0 aliphatic carbocycles. The number of carbonyl (C=O) groups is 1. The molecule has 29 heavy (non-hydrogen) atoms. The maximum atomic E-state index is 13.1. The Bertz CT molecular complexity index is 1000. The summed E-state index contributed by atoms with van der Waals surface area (Å²) in [6.45, 7) is 3.37. The van der Waals surface area contributed by atoms with E-state index in [4.69, 9.17) is 9.47 Å². The first-order valence-corrected chi connectivity index (χ1v) is 11.2. The highest BCUT2D eigenvalue weighted by Crippen LogP contribution is 2.33. The largest absolute Gasteiger partial charge is 0.490 e. The number of carbonyl (C=O) groups excluding carboxylic acids is 1. The molecular weight excluding hydrogens is 392 g/mol. The van der Waals surface area contributed by atoms with Crippen LogP contribution < -0.4 is 14.8 Å². The molecule has 7 nitrogen and oxygen atoms in total. The monoisotopic (exact) mass is 416 g/mol. The van der Waals surface area contributed by atoms with Crippen LogP contribution >= 0.6 is 0 Å². The Morgan fingerprint density at radius 2 is 1.76 bits per heavy atom. The van der Waals surface area contributed by atoms with Crippen molar-refractivity contribution in [2.45, 2.75) is 37.1 Å². The number of rotatable bonds is 4. The van der Waals surface area contributed by atoms with Crippen molar-refractivity contribution in [2.24, 2.45) is 0 Å². The number of aryl methyl sites for hydroxylation is 1. The van der Waals surface area contributed by atoms with E-state index < -0.39 is 16.1 Å². The molecule has 2 aliphatic rings. The fourth-order valence-corrected chi connectivity index (χ4v) is 5.26. The number of benzene rings is 2. The van der Waals surface area contributed by atoms with Crippen molar-refractivity contribution in [2.75, 3.05) is 25.1 Å². The number of sulfonamides is 1. The Hall–Kier alpha value is -2.58. The summed E-state index contributed by atoms with van der Waals surface area (Å²) < 4.78 is 38.7. The molecule has 0 spiro atoms. The lowest BCUT2D eigenvalue weighted by molar-refractivity contribution is -0.119. The number of nitrogens with zero attached hydrogens (tertiary/aromatic N) is 1. The molecule has 0 bridgehead atoms. The summed E-state index contributed by atoms with van der Waals surface area (Å²) in [5.74, 6) is 0.883. The molecule has 2 aromatic rings. The van der Waals surface area contributed by atoms with Crippen LogP contribution in [0.25, 0.3) is 0 Å². The van der Waals surface area contributed by atoms with Crippen molar-refractivity contribution in [1.29, 1.82) is 0 Å². The molecule has 154 valence electrons. The van der Waals surface area contributed by atoms with E-state index in [2.05, 4.69) is 5.32 Å². The van der Waals surface area contributed by atoms with E-state index in [0.29, 0.717) is 49.8 Å². The van der Waals surface area contributed by atoms with Gasteiger partial charge in [0.25, 0.3) is 0 Å². The van der Waals surface area contributed by atoms with Crippen LogP contribution in [0, 0.1) is 6.92 Å². The van der Waals surface area contributed by atoms with Crippen molar-refractivity contribution in [1.82, 2.24) is 4.31 Å². The zero-order chi connectivity index (χ0) is 20.4. The van der Waals surface area contributed by atoms with Gasteiger partial charge in [0.1, 0.15) is 6.04 Å². The van der Waals surface area contributed by atoms with Gasteiger partial charge in [-0.25, -0.2) is 8.42 Å². The maximum Gasteiger partial charge on any atom is 0.243 e. The second-order valence-electron chi connectivity index (χ2n) is 7.29. The maximum absolute atomic E-state index is 13.1. The van der Waals surface area contributed by atoms with Gasteiger partial charge in [-0.1, -0.05) is 17.7 Å². The first-order chi connectivity index (χ1) is 13.9. The number of nitrogens with one attached hydrogen (secondary N) is 1. The highest BCUT2D eigenvalue weighted by molar-refractivity contribution is 7.89. The average molecular weight is 416 g/mol. The Morgan fingerprint density at radius 3 is 2.52 bits per heavy atom. The number of amides is 1. The first kappa shape index (κ1) is 19.7.